The van der Waals surface area contributed by atoms with Crippen LogP contribution in [0.4, 0.5) is 0 Å². The molecule has 2 aliphatic rings. The van der Waals surface area contributed by atoms with Crippen molar-refractivity contribution in [3.63, 3.8) is 0 Å². The van der Waals surface area contributed by atoms with E-state index >= 15 is 0 Å². The normalized spacial score (nSPS) is 20.5. The summed E-state index contributed by atoms with van der Waals surface area (Å²) < 4.78 is 2.96. The highest BCUT2D eigenvalue weighted by Crippen LogP contribution is 2.39. The molecule has 1 N–H and O–H groups in total. The van der Waals surface area contributed by atoms with Crippen molar-refractivity contribution in [2.45, 2.75) is 57.9 Å². The quantitative estimate of drug-likeness (QED) is 0.684. The smallest absolute Gasteiger partial charge is 0.249 e. The highest BCUT2D eigenvalue weighted by molar-refractivity contribution is 7.71. The van der Waals surface area contributed by atoms with E-state index in [0.717, 1.165) is 48.5 Å². The number of amides is 1. The number of H-pyrrole nitrogens is 1. The number of rotatable bonds is 4. The Hall–Kier alpha value is -1.43. The van der Waals surface area contributed by atoms with Gasteiger partial charge in [-0.2, -0.15) is 5.10 Å². The molecule has 1 aliphatic heterocycles. The Bertz CT molecular complexity index is 633. The maximum atomic E-state index is 12.3. The van der Waals surface area contributed by atoms with E-state index in [9.17, 15) is 4.79 Å². The third kappa shape index (κ3) is 3.02. The van der Waals surface area contributed by atoms with Crippen LogP contribution in [0.5, 0.6) is 0 Å². The first-order valence-electron chi connectivity index (χ1n) is 8.24. The van der Waals surface area contributed by atoms with Gasteiger partial charge >= 0.3 is 0 Å². The van der Waals surface area contributed by atoms with E-state index in [0.29, 0.717) is 12.0 Å². The van der Waals surface area contributed by atoms with Crippen molar-refractivity contribution in [2.24, 2.45) is 0 Å². The first-order valence-corrected chi connectivity index (χ1v) is 8.65. The molecule has 1 aromatic heterocycles. The Morgan fingerprint density at radius 2 is 2.05 bits per heavy atom. The second-order valence-corrected chi connectivity index (χ2v) is 6.74. The highest BCUT2D eigenvalue weighted by atomic mass is 32.1. The van der Waals surface area contributed by atoms with Gasteiger partial charge < -0.3 is 9.47 Å². The van der Waals surface area contributed by atoms with Crippen LogP contribution in [0.15, 0.2) is 11.6 Å². The van der Waals surface area contributed by atoms with E-state index in [2.05, 4.69) is 21.7 Å². The van der Waals surface area contributed by atoms with Crippen LogP contribution in [0.2, 0.25) is 0 Å². The summed E-state index contributed by atoms with van der Waals surface area (Å²) in [6.07, 6.45) is 7.27. The molecule has 0 spiro atoms. The Balaban J connectivity index is 1.66. The summed E-state index contributed by atoms with van der Waals surface area (Å²) in [4.78, 5) is 14.3. The number of nitrogens with zero attached hydrogens (tertiary/aromatic N) is 3. The van der Waals surface area contributed by atoms with Gasteiger partial charge in [-0.05, 0) is 51.2 Å². The molecule has 1 amide bonds. The molecule has 3 rings (SSSR count). The van der Waals surface area contributed by atoms with E-state index < -0.39 is 0 Å². The molecular weight excluding hydrogens is 296 g/mol. The van der Waals surface area contributed by atoms with Crippen LogP contribution in [0.3, 0.4) is 0 Å². The number of aromatic amines is 1. The average molecular weight is 320 g/mol. The Morgan fingerprint density at radius 1 is 1.36 bits per heavy atom. The van der Waals surface area contributed by atoms with Gasteiger partial charge in [0.15, 0.2) is 4.77 Å². The molecule has 0 unspecified atom stereocenters. The van der Waals surface area contributed by atoms with Crippen LogP contribution in [0, 0.1) is 4.77 Å². The molecule has 2 heterocycles. The van der Waals surface area contributed by atoms with Crippen LogP contribution in [-0.4, -0.2) is 38.7 Å². The Kier molecular flexibility index (Phi) is 4.47. The maximum Gasteiger partial charge on any atom is 0.249 e. The number of allylic oxidation sites excluding steroid dienone is 1. The summed E-state index contributed by atoms with van der Waals surface area (Å²) in [6.45, 7) is 5.59. The van der Waals surface area contributed by atoms with Gasteiger partial charge in [-0.15, -0.1) is 0 Å². The molecule has 0 atom stereocenters. The monoisotopic (exact) mass is 320 g/mol. The third-order valence-electron chi connectivity index (χ3n) is 4.64. The fourth-order valence-electron chi connectivity index (χ4n) is 3.27. The molecule has 0 bridgehead atoms. The standard InChI is InChI=1S/C16H24N4OS/c1-3-4-11(2)15(21)19-9-7-12(8-10-19)14-17-18-16(22)20(14)13-5-6-13/h4,12-13H,3,5-10H2,1-2H3,(H,18,22)/b11-4-. The van der Waals surface area contributed by atoms with Crippen LogP contribution in [0.25, 0.3) is 0 Å². The summed E-state index contributed by atoms with van der Waals surface area (Å²) in [5.41, 5.74) is 0.863. The van der Waals surface area contributed by atoms with Crippen molar-refractivity contribution in [1.29, 1.82) is 0 Å². The van der Waals surface area contributed by atoms with Crippen molar-refractivity contribution in [1.82, 2.24) is 19.7 Å². The summed E-state index contributed by atoms with van der Waals surface area (Å²) in [6, 6.07) is 0.552. The van der Waals surface area contributed by atoms with Gasteiger partial charge in [0.05, 0.1) is 0 Å². The molecule has 22 heavy (non-hydrogen) atoms. The number of aromatic nitrogens is 3. The number of hydrogen-bond donors (Lipinski definition) is 1. The van der Waals surface area contributed by atoms with E-state index in [4.69, 9.17) is 12.2 Å². The molecular formula is C16H24N4OS. The SMILES string of the molecule is CC/C=C(/C)C(=O)N1CCC(c2n[nH]c(=S)n2C2CC2)CC1. The zero-order valence-electron chi connectivity index (χ0n) is 13.3. The lowest BCUT2D eigenvalue weighted by atomic mass is 9.95. The van der Waals surface area contributed by atoms with Crippen molar-refractivity contribution in [3.05, 3.63) is 22.2 Å². The molecule has 2 fully saturated rings. The van der Waals surface area contributed by atoms with Crippen LogP contribution in [-0.2, 0) is 4.79 Å². The van der Waals surface area contributed by atoms with Gasteiger partial charge in [-0.1, -0.05) is 13.0 Å². The molecule has 0 aromatic carbocycles. The van der Waals surface area contributed by atoms with Gasteiger partial charge in [0, 0.05) is 30.6 Å². The molecule has 1 aliphatic carbocycles. The van der Waals surface area contributed by atoms with E-state index in [1.807, 2.05) is 17.9 Å². The fourth-order valence-corrected chi connectivity index (χ4v) is 3.56. The molecule has 0 radical (unpaired) electrons. The van der Waals surface area contributed by atoms with Gasteiger partial charge in [0.2, 0.25) is 5.91 Å². The zero-order valence-corrected chi connectivity index (χ0v) is 14.2. The van der Waals surface area contributed by atoms with Crippen molar-refractivity contribution in [2.75, 3.05) is 13.1 Å². The van der Waals surface area contributed by atoms with Gasteiger partial charge in [-0.25, -0.2) is 0 Å². The van der Waals surface area contributed by atoms with Gasteiger partial charge in [0.25, 0.3) is 0 Å². The minimum atomic E-state index is 0.182. The minimum absolute atomic E-state index is 0.182. The van der Waals surface area contributed by atoms with Crippen LogP contribution >= 0.6 is 12.2 Å². The van der Waals surface area contributed by atoms with Crippen molar-refractivity contribution in [3.8, 4) is 0 Å². The summed E-state index contributed by atoms with van der Waals surface area (Å²) >= 11 is 5.36. The average Bonchev–Trinajstić information content (AvgIpc) is 3.29. The molecule has 1 saturated heterocycles. The summed E-state index contributed by atoms with van der Waals surface area (Å²) in [5, 5.41) is 7.42. The van der Waals surface area contributed by atoms with Crippen LogP contribution < -0.4 is 0 Å². The predicted molar refractivity (Wildman–Crippen MR) is 88.3 cm³/mol. The number of carbonyl (C=O) groups excluding carboxylic acids is 1. The first kappa shape index (κ1) is 15.5. The minimum Gasteiger partial charge on any atom is -0.339 e. The number of piperidine rings is 1. The lowest BCUT2D eigenvalue weighted by molar-refractivity contribution is -0.128. The molecule has 6 heteroatoms. The largest absolute Gasteiger partial charge is 0.339 e. The topological polar surface area (TPSA) is 53.9 Å². The lowest BCUT2D eigenvalue weighted by Gasteiger charge is -2.32. The zero-order chi connectivity index (χ0) is 15.7. The molecule has 5 nitrogen and oxygen atoms in total. The van der Waals surface area contributed by atoms with E-state index in [-0.39, 0.29) is 5.91 Å². The van der Waals surface area contributed by atoms with Gasteiger partial charge in [0.1, 0.15) is 5.82 Å². The van der Waals surface area contributed by atoms with Crippen LogP contribution in [0.1, 0.15) is 63.7 Å². The molecule has 1 saturated carbocycles. The van der Waals surface area contributed by atoms with E-state index in [1.54, 1.807) is 0 Å². The Labute approximate surface area is 136 Å². The highest BCUT2D eigenvalue weighted by Gasteiger charge is 2.32. The Morgan fingerprint density at radius 3 is 2.64 bits per heavy atom. The first-order chi connectivity index (χ1) is 10.6. The van der Waals surface area contributed by atoms with E-state index in [1.165, 1.54) is 12.8 Å². The lowest BCUT2D eigenvalue weighted by Crippen LogP contribution is -2.38. The number of carbonyl (C=O) groups is 1. The summed E-state index contributed by atoms with van der Waals surface area (Å²) in [7, 11) is 0. The molecule has 1 aromatic rings. The third-order valence-corrected chi connectivity index (χ3v) is 4.93. The van der Waals surface area contributed by atoms with Crippen molar-refractivity contribution < 1.29 is 4.79 Å². The van der Waals surface area contributed by atoms with Gasteiger partial charge in [-0.3, -0.25) is 9.89 Å². The number of hydrogen-bond acceptors (Lipinski definition) is 3. The number of nitrogens with one attached hydrogen (secondary N) is 1. The number of likely N-dealkylation sites (tertiary alicyclic amines) is 1. The fraction of sp³-hybridized carbons (Fsp3) is 0.688. The van der Waals surface area contributed by atoms with Crippen molar-refractivity contribution >= 4 is 18.1 Å². The predicted octanol–water partition coefficient (Wildman–Crippen LogP) is 3.34. The second-order valence-electron chi connectivity index (χ2n) is 6.35. The summed E-state index contributed by atoms with van der Waals surface area (Å²) in [5.74, 6) is 1.69. The molecule has 120 valence electrons. The second kappa shape index (κ2) is 6.36. The maximum absolute atomic E-state index is 12.3.